The van der Waals surface area contributed by atoms with Crippen LogP contribution in [0.15, 0.2) is 54.6 Å². The average molecular weight is 432 g/mol. The Morgan fingerprint density at radius 2 is 1.75 bits per heavy atom. The number of aromatic nitrogens is 3. The lowest BCUT2D eigenvalue weighted by atomic mass is 9.93. The van der Waals surface area contributed by atoms with Crippen LogP contribution in [0.5, 0.6) is 0 Å². The Balaban J connectivity index is 1.64. The Bertz CT molecular complexity index is 1110. The van der Waals surface area contributed by atoms with E-state index in [2.05, 4.69) is 28.3 Å². The van der Waals surface area contributed by atoms with Gasteiger partial charge in [0.15, 0.2) is 0 Å². The van der Waals surface area contributed by atoms with Crippen LogP contribution in [0, 0.1) is 13.8 Å². The molecule has 0 spiro atoms. The number of hydrogen-bond donors (Lipinski definition) is 0. The van der Waals surface area contributed by atoms with Crippen molar-refractivity contribution >= 4 is 11.8 Å². The number of piperazine rings is 1. The number of hydrogen-bond acceptors (Lipinski definition) is 4. The van der Waals surface area contributed by atoms with Crippen molar-refractivity contribution in [2.45, 2.75) is 39.8 Å². The maximum absolute atomic E-state index is 13.3. The lowest BCUT2D eigenvalue weighted by Crippen LogP contribution is -2.60. The van der Waals surface area contributed by atoms with Gasteiger partial charge in [-0.2, -0.15) is 5.10 Å². The van der Waals surface area contributed by atoms with Gasteiger partial charge in [0.05, 0.1) is 0 Å². The van der Waals surface area contributed by atoms with Crippen LogP contribution in [-0.4, -0.2) is 62.1 Å². The molecule has 7 nitrogen and oxygen atoms in total. The van der Waals surface area contributed by atoms with E-state index in [1.807, 2.05) is 55.1 Å². The van der Waals surface area contributed by atoms with Crippen molar-refractivity contribution in [2.75, 3.05) is 19.6 Å². The fraction of sp³-hybridized carbons (Fsp3) is 0.360. The topological polar surface area (TPSA) is 71.3 Å². The summed E-state index contributed by atoms with van der Waals surface area (Å²) in [5.74, 6) is 1.22. The molecular weight excluding hydrogens is 402 g/mol. The summed E-state index contributed by atoms with van der Waals surface area (Å²) in [7, 11) is 0. The third-order valence-electron chi connectivity index (χ3n) is 6.05. The predicted molar refractivity (Wildman–Crippen MR) is 123 cm³/mol. The molecule has 1 aromatic heterocycles. The fourth-order valence-corrected chi connectivity index (χ4v) is 4.38. The summed E-state index contributed by atoms with van der Waals surface area (Å²) in [6, 6.07) is 17.7. The number of carbonyl (C=O) groups is 2. The van der Waals surface area contributed by atoms with Crippen LogP contribution in [-0.2, 0) is 22.6 Å². The van der Waals surface area contributed by atoms with Crippen LogP contribution in [0.4, 0.5) is 0 Å². The van der Waals surface area contributed by atoms with Gasteiger partial charge < -0.3 is 9.80 Å². The molecule has 2 aromatic carbocycles. The first-order valence-corrected chi connectivity index (χ1v) is 11.1. The number of nitrogens with zero attached hydrogens (tertiary/aromatic N) is 5. The first kappa shape index (κ1) is 21.7. The second-order valence-electron chi connectivity index (χ2n) is 8.11. The third kappa shape index (κ3) is 4.42. The molecule has 1 aliphatic heterocycles. The molecule has 3 aromatic rings. The molecule has 0 N–H and O–H groups in total. The van der Waals surface area contributed by atoms with Gasteiger partial charge in [-0.25, -0.2) is 9.67 Å². The Morgan fingerprint density at radius 3 is 2.44 bits per heavy atom. The minimum atomic E-state index is -0.536. The van der Waals surface area contributed by atoms with E-state index in [0.29, 0.717) is 37.7 Å². The highest BCUT2D eigenvalue weighted by Crippen LogP contribution is 2.27. The van der Waals surface area contributed by atoms with Gasteiger partial charge in [-0.15, -0.1) is 0 Å². The number of rotatable bonds is 6. The molecular formula is C25H29N5O2. The molecule has 1 saturated heterocycles. The van der Waals surface area contributed by atoms with Crippen molar-refractivity contribution in [1.82, 2.24) is 24.6 Å². The first-order valence-electron chi connectivity index (χ1n) is 11.1. The monoisotopic (exact) mass is 431 g/mol. The van der Waals surface area contributed by atoms with Crippen molar-refractivity contribution in [3.8, 4) is 11.1 Å². The summed E-state index contributed by atoms with van der Waals surface area (Å²) in [4.78, 5) is 34.5. The Labute approximate surface area is 188 Å². The summed E-state index contributed by atoms with van der Waals surface area (Å²) in [6.45, 7) is 7.41. The molecule has 0 aliphatic carbocycles. The predicted octanol–water partition coefficient (Wildman–Crippen LogP) is 2.86. The maximum atomic E-state index is 13.3. The van der Waals surface area contributed by atoms with Crippen LogP contribution in [0.2, 0.25) is 0 Å². The van der Waals surface area contributed by atoms with E-state index in [1.165, 1.54) is 0 Å². The maximum Gasteiger partial charge on any atom is 0.245 e. The van der Waals surface area contributed by atoms with Gasteiger partial charge >= 0.3 is 0 Å². The van der Waals surface area contributed by atoms with Crippen LogP contribution in [0.25, 0.3) is 11.1 Å². The summed E-state index contributed by atoms with van der Waals surface area (Å²) in [6.07, 6.45) is 0.474. The zero-order chi connectivity index (χ0) is 22.7. The zero-order valence-electron chi connectivity index (χ0n) is 18.9. The molecule has 1 atom stereocenters. The highest BCUT2D eigenvalue weighted by molar-refractivity contribution is 5.89. The molecule has 166 valence electrons. The first-order chi connectivity index (χ1) is 15.5. The molecule has 7 heteroatoms. The molecule has 2 heterocycles. The minimum Gasteiger partial charge on any atom is -0.339 e. The second-order valence-corrected chi connectivity index (χ2v) is 8.11. The van der Waals surface area contributed by atoms with E-state index in [-0.39, 0.29) is 18.4 Å². The van der Waals surface area contributed by atoms with Gasteiger partial charge in [0.1, 0.15) is 24.2 Å². The standard InChI is InChI=1S/C25H29N5O2/c1-4-28-14-15-29(24(31)17-30-19(3)26-18(2)27-30)23(25(28)32)16-21-12-8-9-13-22(21)20-10-6-5-7-11-20/h5-13,23H,4,14-17H2,1-3H3/t23-/m0/s1. The summed E-state index contributed by atoms with van der Waals surface area (Å²) >= 11 is 0. The van der Waals surface area contributed by atoms with Gasteiger partial charge in [-0.3, -0.25) is 9.59 Å². The third-order valence-corrected chi connectivity index (χ3v) is 6.05. The lowest BCUT2D eigenvalue weighted by molar-refractivity contribution is -0.151. The van der Waals surface area contributed by atoms with Crippen LogP contribution < -0.4 is 0 Å². The van der Waals surface area contributed by atoms with E-state index < -0.39 is 6.04 Å². The van der Waals surface area contributed by atoms with Crippen molar-refractivity contribution in [3.05, 3.63) is 71.8 Å². The van der Waals surface area contributed by atoms with Gasteiger partial charge in [0, 0.05) is 26.1 Å². The lowest BCUT2D eigenvalue weighted by Gasteiger charge is -2.40. The number of benzene rings is 2. The molecule has 0 unspecified atom stereocenters. The van der Waals surface area contributed by atoms with Crippen molar-refractivity contribution in [3.63, 3.8) is 0 Å². The molecule has 32 heavy (non-hydrogen) atoms. The van der Waals surface area contributed by atoms with E-state index in [0.717, 1.165) is 16.7 Å². The smallest absolute Gasteiger partial charge is 0.245 e. The highest BCUT2D eigenvalue weighted by atomic mass is 16.2. The zero-order valence-corrected chi connectivity index (χ0v) is 18.9. The molecule has 2 amide bonds. The number of likely N-dealkylation sites (N-methyl/N-ethyl adjacent to an activating group) is 1. The largest absolute Gasteiger partial charge is 0.339 e. The van der Waals surface area contributed by atoms with Crippen molar-refractivity contribution in [2.24, 2.45) is 0 Å². The molecule has 1 fully saturated rings. The fourth-order valence-electron chi connectivity index (χ4n) is 4.38. The van der Waals surface area contributed by atoms with Gasteiger partial charge in [-0.05, 0) is 37.5 Å². The van der Waals surface area contributed by atoms with Gasteiger partial charge in [-0.1, -0.05) is 54.6 Å². The quantitative estimate of drug-likeness (QED) is 0.602. The van der Waals surface area contributed by atoms with E-state index in [9.17, 15) is 9.59 Å². The molecule has 1 aliphatic rings. The van der Waals surface area contributed by atoms with Crippen LogP contribution >= 0.6 is 0 Å². The van der Waals surface area contributed by atoms with Crippen molar-refractivity contribution in [1.29, 1.82) is 0 Å². The molecule has 0 saturated carbocycles. The second kappa shape index (κ2) is 9.34. The van der Waals surface area contributed by atoms with Crippen LogP contribution in [0.1, 0.15) is 24.1 Å². The number of aryl methyl sites for hydroxylation is 2. The van der Waals surface area contributed by atoms with E-state index in [4.69, 9.17) is 0 Å². The Morgan fingerprint density at radius 1 is 1.03 bits per heavy atom. The average Bonchev–Trinajstić information content (AvgIpc) is 3.12. The van der Waals surface area contributed by atoms with Crippen LogP contribution in [0.3, 0.4) is 0 Å². The molecule has 0 bridgehead atoms. The summed E-state index contributed by atoms with van der Waals surface area (Å²) in [5, 5.41) is 4.32. The normalized spacial score (nSPS) is 16.5. The van der Waals surface area contributed by atoms with E-state index in [1.54, 1.807) is 16.5 Å². The molecule has 4 rings (SSSR count). The summed E-state index contributed by atoms with van der Waals surface area (Å²) < 4.78 is 1.61. The highest BCUT2D eigenvalue weighted by Gasteiger charge is 2.37. The Hall–Kier alpha value is -3.48. The minimum absolute atomic E-state index is 0.00135. The van der Waals surface area contributed by atoms with Gasteiger partial charge in [0.2, 0.25) is 11.8 Å². The molecule has 0 radical (unpaired) electrons. The van der Waals surface area contributed by atoms with Gasteiger partial charge in [0.25, 0.3) is 0 Å². The summed E-state index contributed by atoms with van der Waals surface area (Å²) in [5.41, 5.74) is 3.25. The van der Waals surface area contributed by atoms with Crippen molar-refractivity contribution < 1.29 is 9.59 Å². The SMILES string of the molecule is CCN1CCN(C(=O)Cn2nc(C)nc2C)[C@@H](Cc2ccccc2-c2ccccc2)C1=O. The Kier molecular flexibility index (Phi) is 6.35. The van der Waals surface area contributed by atoms with E-state index >= 15 is 0 Å². The number of amides is 2. The number of carbonyl (C=O) groups excluding carboxylic acids is 2.